The predicted octanol–water partition coefficient (Wildman–Crippen LogP) is 2.74. The zero-order valence-electron chi connectivity index (χ0n) is 10.9. The number of halogens is 1. The standard InChI is InChI=1S/C14H18ClN3/c1-17-7-3-4-13(17)10-18(2)14-8-12(15)6-5-11(14)9-16/h5-6,8,13H,3-4,7,10H2,1-2H3. The van der Waals surface area contributed by atoms with E-state index < -0.39 is 0 Å². The molecule has 4 heteroatoms. The fourth-order valence-corrected chi connectivity index (χ4v) is 2.71. The molecule has 0 spiro atoms. The van der Waals surface area contributed by atoms with Crippen molar-refractivity contribution in [3.8, 4) is 6.07 Å². The Bertz CT molecular complexity index is 467. The van der Waals surface area contributed by atoms with Crippen molar-refractivity contribution in [2.45, 2.75) is 18.9 Å². The lowest BCUT2D eigenvalue weighted by Gasteiger charge is -2.28. The van der Waals surface area contributed by atoms with E-state index in [1.54, 1.807) is 12.1 Å². The van der Waals surface area contributed by atoms with Crippen molar-refractivity contribution in [1.29, 1.82) is 5.26 Å². The molecule has 1 atom stereocenters. The van der Waals surface area contributed by atoms with Gasteiger partial charge in [-0.05, 0) is 44.6 Å². The van der Waals surface area contributed by atoms with Gasteiger partial charge in [-0.1, -0.05) is 11.6 Å². The van der Waals surface area contributed by atoms with Crippen LogP contribution in [0.2, 0.25) is 5.02 Å². The average Bonchev–Trinajstić information content (AvgIpc) is 2.75. The van der Waals surface area contributed by atoms with E-state index in [1.807, 2.05) is 13.1 Å². The molecule has 1 aromatic carbocycles. The second-order valence-corrected chi connectivity index (χ2v) is 5.37. The molecule has 18 heavy (non-hydrogen) atoms. The van der Waals surface area contributed by atoms with Gasteiger partial charge in [-0.25, -0.2) is 0 Å². The van der Waals surface area contributed by atoms with Gasteiger partial charge >= 0.3 is 0 Å². The quantitative estimate of drug-likeness (QED) is 0.840. The van der Waals surface area contributed by atoms with Crippen LogP contribution in [0.4, 0.5) is 5.69 Å². The molecule has 1 aliphatic heterocycles. The normalized spacial score (nSPS) is 19.8. The van der Waals surface area contributed by atoms with Gasteiger partial charge in [0, 0.05) is 24.7 Å². The molecule has 1 aromatic rings. The molecule has 0 saturated carbocycles. The molecule has 0 amide bonds. The first kappa shape index (κ1) is 13.2. The zero-order valence-corrected chi connectivity index (χ0v) is 11.6. The lowest BCUT2D eigenvalue weighted by molar-refractivity contribution is 0.314. The second-order valence-electron chi connectivity index (χ2n) is 4.93. The molecule has 1 aliphatic rings. The maximum absolute atomic E-state index is 9.14. The van der Waals surface area contributed by atoms with Crippen LogP contribution in [-0.2, 0) is 0 Å². The van der Waals surface area contributed by atoms with Crippen LogP contribution >= 0.6 is 11.6 Å². The summed E-state index contributed by atoms with van der Waals surface area (Å²) in [6.45, 7) is 2.10. The monoisotopic (exact) mass is 263 g/mol. The Hall–Kier alpha value is -1.24. The molecule has 0 aliphatic carbocycles. The molecule has 1 unspecified atom stereocenters. The molecule has 1 fully saturated rings. The van der Waals surface area contributed by atoms with Crippen molar-refractivity contribution in [2.24, 2.45) is 0 Å². The highest BCUT2D eigenvalue weighted by molar-refractivity contribution is 6.30. The number of nitrogens with zero attached hydrogens (tertiary/aromatic N) is 3. The number of anilines is 1. The molecule has 0 N–H and O–H groups in total. The molecule has 96 valence electrons. The summed E-state index contributed by atoms with van der Waals surface area (Å²) in [5.74, 6) is 0. The van der Waals surface area contributed by atoms with E-state index in [4.69, 9.17) is 16.9 Å². The Morgan fingerprint density at radius 3 is 2.94 bits per heavy atom. The van der Waals surface area contributed by atoms with Crippen molar-refractivity contribution in [3.05, 3.63) is 28.8 Å². The van der Waals surface area contributed by atoms with Gasteiger partial charge in [0.25, 0.3) is 0 Å². The van der Waals surface area contributed by atoms with Gasteiger partial charge in [0.1, 0.15) is 6.07 Å². The van der Waals surface area contributed by atoms with Gasteiger partial charge in [-0.2, -0.15) is 5.26 Å². The highest BCUT2D eigenvalue weighted by atomic mass is 35.5. The summed E-state index contributed by atoms with van der Waals surface area (Å²) in [7, 11) is 4.19. The largest absolute Gasteiger partial charge is 0.372 e. The van der Waals surface area contributed by atoms with Crippen LogP contribution < -0.4 is 4.90 Å². The first-order valence-corrected chi connectivity index (χ1v) is 6.60. The SMILES string of the molecule is CN(CC1CCCN1C)c1cc(Cl)ccc1C#N. The van der Waals surface area contributed by atoms with Gasteiger partial charge < -0.3 is 9.80 Å². The van der Waals surface area contributed by atoms with Crippen LogP contribution in [-0.4, -0.2) is 38.1 Å². The molecule has 1 heterocycles. The van der Waals surface area contributed by atoms with Crippen molar-refractivity contribution in [1.82, 2.24) is 4.90 Å². The predicted molar refractivity (Wildman–Crippen MR) is 75.1 cm³/mol. The molecule has 3 nitrogen and oxygen atoms in total. The summed E-state index contributed by atoms with van der Waals surface area (Å²) in [4.78, 5) is 4.52. The number of hydrogen-bond acceptors (Lipinski definition) is 3. The smallest absolute Gasteiger partial charge is 0.101 e. The maximum atomic E-state index is 9.14. The van der Waals surface area contributed by atoms with Crippen molar-refractivity contribution in [3.63, 3.8) is 0 Å². The Morgan fingerprint density at radius 1 is 1.56 bits per heavy atom. The van der Waals surface area contributed by atoms with Crippen LogP contribution in [0.1, 0.15) is 18.4 Å². The minimum absolute atomic E-state index is 0.570. The zero-order chi connectivity index (χ0) is 13.1. The number of rotatable bonds is 3. The third-order valence-electron chi connectivity index (χ3n) is 3.65. The average molecular weight is 264 g/mol. The highest BCUT2D eigenvalue weighted by Crippen LogP contribution is 2.25. The molecule has 1 saturated heterocycles. The van der Waals surface area contributed by atoms with Gasteiger partial charge in [0.2, 0.25) is 0 Å². The number of likely N-dealkylation sites (tertiary alicyclic amines) is 1. The van der Waals surface area contributed by atoms with E-state index in [0.717, 1.165) is 12.2 Å². The molecular formula is C14H18ClN3. The van der Waals surface area contributed by atoms with E-state index in [-0.39, 0.29) is 0 Å². The Labute approximate surface area is 114 Å². The first-order valence-electron chi connectivity index (χ1n) is 6.23. The number of likely N-dealkylation sites (N-methyl/N-ethyl adjacent to an activating group) is 2. The van der Waals surface area contributed by atoms with E-state index in [2.05, 4.69) is 22.9 Å². The summed E-state index contributed by atoms with van der Waals surface area (Å²) >= 11 is 6.02. The van der Waals surface area contributed by atoms with E-state index in [1.165, 1.54) is 19.4 Å². The van der Waals surface area contributed by atoms with Crippen molar-refractivity contribution >= 4 is 17.3 Å². The Balaban J connectivity index is 2.15. The molecule has 0 bridgehead atoms. The second kappa shape index (κ2) is 5.60. The fraction of sp³-hybridized carbons (Fsp3) is 0.500. The first-order chi connectivity index (χ1) is 8.61. The van der Waals surface area contributed by atoms with Gasteiger partial charge in [0.05, 0.1) is 11.3 Å². The number of nitriles is 1. The van der Waals surface area contributed by atoms with Crippen LogP contribution in [0.5, 0.6) is 0 Å². The molecule has 2 rings (SSSR count). The summed E-state index contributed by atoms with van der Waals surface area (Å²) in [6, 6.07) is 8.21. The summed E-state index contributed by atoms with van der Waals surface area (Å²) < 4.78 is 0. The molecular weight excluding hydrogens is 246 g/mol. The van der Waals surface area contributed by atoms with Gasteiger partial charge in [-0.3, -0.25) is 0 Å². The summed E-state index contributed by atoms with van der Waals surface area (Å²) in [5, 5.41) is 9.82. The lowest BCUT2D eigenvalue weighted by Crippen LogP contribution is -2.36. The van der Waals surface area contributed by atoms with Crippen molar-refractivity contribution in [2.75, 3.05) is 32.1 Å². The molecule has 0 aromatic heterocycles. The van der Waals surface area contributed by atoms with Crippen LogP contribution in [0, 0.1) is 11.3 Å². The number of benzene rings is 1. The van der Waals surface area contributed by atoms with Crippen molar-refractivity contribution < 1.29 is 0 Å². The lowest BCUT2D eigenvalue weighted by atomic mass is 10.1. The fourth-order valence-electron chi connectivity index (χ4n) is 2.54. The summed E-state index contributed by atoms with van der Waals surface area (Å²) in [5.41, 5.74) is 1.60. The van der Waals surface area contributed by atoms with E-state index in [9.17, 15) is 0 Å². The van der Waals surface area contributed by atoms with Gasteiger partial charge in [-0.15, -0.1) is 0 Å². The van der Waals surface area contributed by atoms with Crippen LogP contribution in [0.15, 0.2) is 18.2 Å². The van der Waals surface area contributed by atoms with Crippen LogP contribution in [0.25, 0.3) is 0 Å². The van der Waals surface area contributed by atoms with Crippen LogP contribution in [0.3, 0.4) is 0 Å². The minimum Gasteiger partial charge on any atom is -0.372 e. The number of hydrogen-bond donors (Lipinski definition) is 0. The topological polar surface area (TPSA) is 30.3 Å². The third kappa shape index (κ3) is 2.77. The van der Waals surface area contributed by atoms with Gasteiger partial charge in [0.15, 0.2) is 0 Å². The Morgan fingerprint density at radius 2 is 2.33 bits per heavy atom. The maximum Gasteiger partial charge on any atom is 0.101 e. The van der Waals surface area contributed by atoms with E-state index >= 15 is 0 Å². The minimum atomic E-state index is 0.570. The summed E-state index contributed by atoms with van der Waals surface area (Å²) in [6.07, 6.45) is 2.49. The Kier molecular flexibility index (Phi) is 4.11. The third-order valence-corrected chi connectivity index (χ3v) is 3.88. The van der Waals surface area contributed by atoms with E-state index in [0.29, 0.717) is 16.6 Å². The highest BCUT2D eigenvalue weighted by Gasteiger charge is 2.22. The molecule has 0 radical (unpaired) electrons.